The summed E-state index contributed by atoms with van der Waals surface area (Å²) in [5.74, 6) is 2.76. The third kappa shape index (κ3) is 4.58. The van der Waals surface area contributed by atoms with Crippen LogP contribution < -0.4 is 9.47 Å². The fraction of sp³-hybridized carbons (Fsp3) is 0.240. The van der Waals surface area contributed by atoms with Gasteiger partial charge in [-0.1, -0.05) is 11.6 Å². The molecule has 0 fully saturated rings. The highest BCUT2D eigenvalue weighted by Crippen LogP contribution is 2.42. The summed E-state index contributed by atoms with van der Waals surface area (Å²) in [4.78, 5) is 25.3. The molecule has 0 radical (unpaired) electrons. The molecular formula is C25H21ClN2O3S2. The summed E-state index contributed by atoms with van der Waals surface area (Å²) < 4.78 is 11.7. The summed E-state index contributed by atoms with van der Waals surface area (Å²) in [7, 11) is 1.59. The number of hydrogen-bond donors (Lipinski definition) is 0. The Labute approximate surface area is 205 Å². The van der Waals surface area contributed by atoms with Crippen LogP contribution in [0.15, 0.2) is 47.4 Å². The minimum atomic E-state index is -0.0768. The van der Waals surface area contributed by atoms with Gasteiger partial charge in [0, 0.05) is 20.9 Å². The lowest BCUT2D eigenvalue weighted by atomic mass is 10.1. The quantitative estimate of drug-likeness (QED) is 0.200. The molecule has 2 aromatic heterocycles. The van der Waals surface area contributed by atoms with E-state index in [0.29, 0.717) is 39.5 Å². The van der Waals surface area contributed by atoms with Crippen molar-refractivity contribution in [1.29, 1.82) is 0 Å². The van der Waals surface area contributed by atoms with Crippen molar-refractivity contribution < 1.29 is 14.3 Å². The minimum Gasteiger partial charge on any atom is -0.497 e. The predicted octanol–water partition coefficient (Wildman–Crippen LogP) is 7.13. The lowest BCUT2D eigenvalue weighted by Crippen LogP contribution is -2.02. The van der Waals surface area contributed by atoms with Crippen molar-refractivity contribution in [3.63, 3.8) is 0 Å². The van der Waals surface area contributed by atoms with Crippen LogP contribution >= 0.6 is 34.7 Å². The van der Waals surface area contributed by atoms with Gasteiger partial charge in [0.1, 0.15) is 22.2 Å². The molecule has 0 spiro atoms. The number of methoxy groups -OCH3 is 1. The number of benzene rings is 2. The average molecular weight is 497 g/mol. The number of aromatic nitrogens is 2. The number of halogens is 1. The summed E-state index contributed by atoms with van der Waals surface area (Å²) in [6.45, 7) is 1.53. The number of aryl methyl sites for hydroxylation is 2. The number of fused-ring (bicyclic) bond motifs is 3. The van der Waals surface area contributed by atoms with Crippen molar-refractivity contribution in [2.45, 2.75) is 36.8 Å². The molecule has 0 amide bonds. The van der Waals surface area contributed by atoms with Crippen LogP contribution in [0.1, 0.15) is 40.0 Å². The molecule has 0 bridgehead atoms. The first-order valence-electron chi connectivity index (χ1n) is 10.6. The van der Waals surface area contributed by atoms with E-state index < -0.39 is 0 Å². The van der Waals surface area contributed by atoms with Gasteiger partial charge in [-0.2, -0.15) is 4.98 Å². The molecule has 0 saturated carbocycles. The molecular weight excluding hydrogens is 476 g/mol. The number of ketones is 1. The van der Waals surface area contributed by atoms with Crippen LogP contribution in [0.25, 0.3) is 10.2 Å². The Bertz CT molecular complexity index is 1350. The van der Waals surface area contributed by atoms with E-state index in [4.69, 9.17) is 31.0 Å². The number of thiophene rings is 1. The van der Waals surface area contributed by atoms with Gasteiger partial charge in [-0.05, 0) is 68.1 Å². The largest absolute Gasteiger partial charge is 0.497 e. The van der Waals surface area contributed by atoms with Crippen LogP contribution in [-0.4, -0.2) is 22.9 Å². The zero-order valence-corrected chi connectivity index (χ0v) is 20.6. The van der Waals surface area contributed by atoms with Crippen molar-refractivity contribution in [3.8, 4) is 17.4 Å². The molecule has 1 aliphatic rings. The normalized spacial score (nSPS) is 12.7. The molecule has 168 valence electrons. The molecule has 4 aromatic rings. The molecule has 2 heterocycles. The Hall–Kier alpha value is -2.61. The van der Waals surface area contributed by atoms with E-state index in [1.807, 2.05) is 24.3 Å². The van der Waals surface area contributed by atoms with Crippen molar-refractivity contribution in [1.82, 2.24) is 9.97 Å². The van der Waals surface area contributed by atoms with Gasteiger partial charge < -0.3 is 9.47 Å². The molecule has 0 unspecified atom stereocenters. The minimum absolute atomic E-state index is 0.0768. The number of nitrogens with zero attached hydrogens (tertiary/aromatic N) is 2. The Morgan fingerprint density at radius 2 is 1.97 bits per heavy atom. The van der Waals surface area contributed by atoms with E-state index in [2.05, 4.69) is 0 Å². The number of carbonyl (C=O) groups is 1. The first-order chi connectivity index (χ1) is 16.0. The van der Waals surface area contributed by atoms with Gasteiger partial charge in [-0.3, -0.25) is 4.79 Å². The maximum atomic E-state index is 12.2. The number of ether oxygens (including phenoxy) is 2. The average Bonchev–Trinajstić information content (AvgIpc) is 3.39. The zero-order chi connectivity index (χ0) is 22.9. The highest BCUT2D eigenvalue weighted by molar-refractivity contribution is 7.98. The van der Waals surface area contributed by atoms with E-state index in [0.717, 1.165) is 34.4 Å². The lowest BCUT2D eigenvalue weighted by Gasteiger charge is -2.13. The third-order valence-corrected chi connectivity index (χ3v) is 7.98. The Morgan fingerprint density at radius 3 is 2.73 bits per heavy atom. The fourth-order valence-electron chi connectivity index (χ4n) is 3.93. The second kappa shape index (κ2) is 9.33. The number of carbonyl (C=O) groups excluding carboxylic acids is 1. The molecule has 0 saturated heterocycles. The molecule has 1 aliphatic carbocycles. The zero-order valence-electron chi connectivity index (χ0n) is 18.2. The van der Waals surface area contributed by atoms with Crippen molar-refractivity contribution in [2.75, 3.05) is 7.11 Å². The summed E-state index contributed by atoms with van der Waals surface area (Å²) >= 11 is 9.36. The molecule has 5 nitrogen and oxygen atoms in total. The summed E-state index contributed by atoms with van der Waals surface area (Å²) in [5.41, 5.74) is 1.76. The Balaban J connectivity index is 1.55. The summed E-state index contributed by atoms with van der Waals surface area (Å²) in [6.07, 6.45) is 3.18. The highest BCUT2D eigenvalue weighted by Gasteiger charge is 2.24. The van der Waals surface area contributed by atoms with E-state index in [-0.39, 0.29) is 5.78 Å². The Morgan fingerprint density at radius 1 is 1.15 bits per heavy atom. The number of rotatable bonds is 7. The van der Waals surface area contributed by atoms with Gasteiger partial charge in [0.05, 0.1) is 23.8 Å². The van der Waals surface area contributed by atoms with E-state index in [9.17, 15) is 4.79 Å². The molecule has 8 heteroatoms. The van der Waals surface area contributed by atoms with Crippen LogP contribution in [-0.2, 0) is 18.6 Å². The molecule has 0 N–H and O–H groups in total. The van der Waals surface area contributed by atoms with Gasteiger partial charge in [0.15, 0.2) is 5.78 Å². The molecule has 2 aromatic carbocycles. The molecule has 0 atom stereocenters. The Kier molecular flexibility index (Phi) is 6.27. The van der Waals surface area contributed by atoms with Crippen LogP contribution in [0.3, 0.4) is 0 Å². The SMILES string of the molecule is COc1ccc(C(C)=O)c(Oc2nc(CSc3ccc(Cl)cc3)nc3sc4c(c23)CCC4)c1. The van der Waals surface area contributed by atoms with Gasteiger partial charge in [0.25, 0.3) is 0 Å². The number of thioether (sulfide) groups is 1. The van der Waals surface area contributed by atoms with E-state index in [1.165, 1.54) is 17.4 Å². The third-order valence-electron chi connectivity index (χ3n) is 5.53. The van der Waals surface area contributed by atoms with E-state index in [1.54, 1.807) is 48.4 Å². The van der Waals surface area contributed by atoms with Gasteiger partial charge in [0.2, 0.25) is 5.88 Å². The topological polar surface area (TPSA) is 61.3 Å². The first kappa shape index (κ1) is 22.2. The smallest absolute Gasteiger partial charge is 0.231 e. The maximum Gasteiger partial charge on any atom is 0.231 e. The standard InChI is InChI=1S/C25H21ClN2O3S2/c1-14(29)18-11-8-16(30-2)12-20(18)31-24-23-19-4-3-5-21(19)33-25(23)28-22(27-24)13-32-17-9-6-15(26)7-10-17/h6-12H,3-5,13H2,1-2H3. The van der Waals surface area contributed by atoms with Gasteiger partial charge >= 0.3 is 0 Å². The number of hydrogen-bond acceptors (Lipinski definition) is 7. The van der Waals surface area contributed by atoms with Gasteiger partial charge in [-0.25, -0.2) is 4.98 Å². The van der Waals surface area contributed by atoms with E-state index >= 15 is 0 Å². The van der Waals surface area contributed by atoms with Crippen molar-refractivity contribution in [3.05, 3.63) is 69.3 Å². The second-order valence-corrected chi connectivity index (χ2v) is 10.3. The predicted molar refractivity (Wildman–Crippen MR) is 134 cm³/mol. The molecule has 5 rings (SSSR count). The maximum absolute atomic E-state index is 12.2. The van der Waals surface area contributed by atoms with Crippen LogP contribution in [0, 0.1) is 0 Å². The van der Waals surface area contributed by atoms with Crippen LogP contribution in [0.2, 0.25) is 5.02 Å². The monoisotopic (exact) mass is 496 g/mol. The summed E-state index contributed by atoms with van der Waals surface area (Å²) in [5, 5.41) is 1.67. The lowest BCUT2D eigenvalue weighted by molar-refractivity contribution is 0.101. The van der Waals surface area contributed by atoms with Crippen LogP contribution in [0.5, 0.6) is 17.4 Å². The molecule has 0 aliphatic heterocycles. The number of Topliss-reactive ketones (excluding diaryl/α,β-unsaturated/α-hetero) is 1. The van der Waals surface area contributed by atoms with Crippen LogP contribution in [0.4, 0.5) is 0 Å². The highest BCUT2D eigenvalue weighted by atomic mass is 35.5. The second-order valence-electron chi connectivity index (χ2n) is 7.75. The van der Waals surface area contributed by atoms with Crippen molar-refractivity contribution in [2.24, 2.45) is 0 Å². The summed E-state index contributed by atoms with van der Waals surface area (Å²) in [6, 6.07) is 12.9. The van der Waals surface area contributed by atoms with Crippen molar-refractivity contribution >= 4 is 50.7 Å². The van der Waals surface area contributed by atoms with Gasteiger partial charge in [-0.15, -0.1) is 23.1 Å². The first-order valence-corrected chi connectivity index (χ1v) is 12.8. The molecule has 33 heavy (non-hydrogen) atoms. The fourth-order valence-corrected chi connectivity index (χ4v) is 6.08.